The maximum Gasteiger partial charge on any atom is 0.266 e. The molecule has 1 heterocycles. The highest BCUT2D eigenvalue weighted by Gasteiger charge is 1.96. The Hall–Kier alpha value is -0.640. The molecule has 1 aromatic rings. The van der Waals surface area contributed by atoms with E-state index in [2.05, 4.69) is 5.10 Å². The molecular formula is C6H10N2OS. The van der Waals surface area contributed by atoms with Crippen LogP contribution in [0.5, 0.6) is 0 Å². The smallest absolute Gasteiger partial charge is 0.266 e. The minimum Gasteiger partial charge on any atom is -0.299 e. The van der Waals surface area contributed by atoms with Gasteiger partial charge in [-0.15, -0.1) is 0 Å². The third kappa shape index (κ3) is 1.44. The van der Waals surface area contributed by atoms with Crippen LogP contribution in [-0.4, -0.2) is 16.0 Å². The van der Waals surface area contributed by atoms with Crippen molar-refractivity contribution < 1.29 is 0 Å². The van der Waals surface area contributed by atoms with E-state index in [9.17, 15) is 4.79 Å². The number of thioether (sulfide) groups is 1. The van der Waals surface area contributed by atoms with E-state index in [0.29, 0.717) is 0 Å². The second-order valence-electron chi connectivity index (χ2n) is 2.11. The summed E-state index contributed by atoms with van der Waals surface area (Å²) in [6, 6.07) is 1.62. The van der Waals surface area contributed by atoms with Gasteiger partial charge in [-0.1, -0.05) is 0 Å². The molecule has 0 spiro atoms. The Balaban J connectivity index is 2.88. The lowest BCUT2D eigenvalue weighted by Gasteiger charge is -1.90. The molecule has 0 fully saturated rings. The fraction of sp³-hybridized carbons (Fsp3) is 0.500. The van der Waals surface area contributed by atoms with Gasteiger partial charge in [0, 0.05) is 24.6 Å². The van der Waals surface area contributed by atoms with Crippen molar-refractivity contribution >= 4 is 11.8 Å². The number of aromatic nitrogens is 2. The second-order valence-corrected chi connectivity index (χ2v) is 2.98. The van der Waals surface area contributed by atoms with Crippen LogP contribution in [0.1, 0.15) is 5.69 Å². The van der Waals surface area contributed by atoms with Crippen LogP contribution in [0.2, 0.25) is 0 Å². The van der Waals surface area contributed by atoms with Crippen molar-refractivity contribution in [3.8, 4) is 0 Å². The fourth-order valence-corrected chi connectivity index (χ4v) is 1.24. The minimum absolute atomic E-state index is 0.0315. The van der Waals surface area contributed by atoms with Gasteiger partial charge in [0.15, 0.2) is 0 Å². The molecule has 0 aromatic carbocycles. The predicted molar refractivity (Wildman–Crippen MR) is 43.3 cm³/mol. The van der Waals surface area contributed by atoms with E-state index in [-0.39, 0.29) is 5.56 Å². The maximum atomic E-state index is 10.8. The number of aryl methyl sites for hydroxylation is 1. The van der Waals surface area contributed by atoms with Gasteiger partial charge in [-0.05, 0) is 6.26 Å². The number of rotatable bonds is 2. The number of nitrogens with one attached hydrogen (secondary N) is 1. The van der Waals surface area contributed by atoms with Crippen LogP contribution in [-0.2, 0) is 12.8 Å². The molecule has 0 unspecified atom stereocenters. The monoisotopic (exact) mass is 158 g/mol. The Morgan fingerprint density at radius 3 is 2.90 bits per heavy atom. The van der Waals surface area contributed by atoms with Gasteiger partial charge >= 0.3 is 0 Å². The number of hydrogen-bond donors (Lipinski definition) is 1. The molecule has 1 aromatic heterocycles. The summed E-state index contributed by atoms with van der Waals surface area (Å²) in [4.78, 5) is 10.8. The number of hydrogen-bond acceptors (Lipinski definition) is 2. The minimum atomic E-state index is 0.0315. The van der Waals surface area contributed by atoms with Gasteiger partial charge in [-0.25, -0.2) is 0 Å². The van der Waals surface area contributed by atoms with Crippen LogP contribution in [0.3, 0.4) is 0 Å². The van der Waals surface area contributed by atoms with E-state index in [0.717, 1.165) is 11.4 Å². The lowest BCUT2D eigenvalue weighted by Crippen LogP contribution is -2.09. The third-order valence-electron chi connectivity index (χ3n) is 1.24. The largest absolute Gasteiger partial charge is 0.299 e. The molecule has 1 N–H and O–H groups in total. The highest BCUT2D eigenvalue weighted by Crippen LogP contribution is 2.02. The molecule has 3 nitrogen and oxygen atoms in total. The normalized spacial score (nSPS) is 10.2. The first-order chi connectivity index (χ1) is 4.74. The lowest BCUT2D eigenvalue weighted by molar-refractivity contribution is 0.729. The maximum absolute atomic E-state index is 10.8. The van der Waals surface area contributed by atoms with Gasteiger partial charge in [0.05, 0.1) is 0 Å². The summed E-state index contributed by atoms with van der Waals surface area (Å²) < 4.78 is 1.48. The van der Waals surface area contributed by atoms with Gasteiger partial charge in [0.1, 0.15) is 0 Å². The van der Waals surface area contributed by atoms with E-state index < -0.39 is 0 Å². The summed E-state index contributed by atoms with van der Waals surface area (Å²) in [6.45, 7) is 0. The van der Waals surface area contributed by atoms with Gasteiger partial charge in [-0.2, -0.15) is 11.8 Å². The molecule has 10 heavy (non-hydrogen) atoms. The van der Waals surface area contributed by atoms with Crippen LogP contribution >= 0.6 is 11.8 Å². The van der Waals surface area contributed by atoms with Gasteiger partial charge in [-0.3, -0.25) is 14.6 Å². The SMILES string of the molecule is CSCc1cc(=O)n(C)[nH]1. The Kier molecular flexibility index (Phi) is 2.21. The second kappa shape index (κ2) is 2.96. The van der Waals surface area contributed by atoms with Crippen LogP contribution in [0.25, 0.3) is 0 Å². The average Bonchev–Trinajstić information content (AvgIpc) is 2.14. The molecule has 0 aliphatic rings. The molecule has 0 radical (unpaired) electrons. The van der Waals surface area contributed by atoms with Crippen molar-refractivity contribution in [1.29, 1.82) is 0 Å². The quantitative estimate of drug-likeness (QED) is 0.683. The average molecular weight is 158 g/mol. The van der Waals surface area contributed by atoms with Gasteiger partial charge in [0.2, 0.25) is 0 Å². The fourth-order valence-electron chi connectivity index (χ4n) is 0.778. The molecule has 4 heteroatoms. The Morgan fingerprint density at radius 1 is 1.80 bits per heavy atom. The van der Waals surface area contributed by atoms with Gasteiger partial charge in [0.25, 0.3) is 5.56 Å². The van der Waals surface area contributed by atoms with Crippen LogP contribution in [0.15, 0.2) is 10.9 Å². The number of aromatic amines is 1. The summed E-state index contributed by atoms with van der Waals surface area (Å²) in [5.74, 6) is 0.871. The predicted octanol–water partition coefficient (Wildman–Crippen LogP) is 0.576. The zero-order valence-corrected chi connectivity index (χ0v) is 6.86. The topological polar surface area (TPSA) is 37.8 Å². The number of nitrogens with zero attached hydrogens (tertiary/aromatic N) is 1. The summed E-state index contributed by atoms with van der Waals surface area (Å²) >= 11 is 1.69. The molecule has 0 saturated heterocycles. The van der Waals surface area contributed by atoms with E-state index in [1.54, 1.807) is 24.9 Å². The molecule has 0 saturated carbocycles. The summed E-state index contributed by atoms with van der Waals surface area (Å²) in [5, 5.41) is 2.93. The Bertz CT molecular complexity index is 263. The summed E-state index contributed by atoms with van der Waals surface area (Å²) in [5.41, 5.74) is 1.02. The Morgan fingerprint density at radius 2 is 2.50 bits per heavy atom. The van der Waals surface area contributed by atoms with Crippen molar-refractivity contribution in [3.05, 3.63) is 22.1 Å². The lowest BCUT2D eigenvalue weighted by atomic mass is 10.5. The first kappa shape index (κ1) is 7.47. The third-order valence-corrected chi connectivity index (χ3v) is 1.84. The molecule has 56 valence electrons. The molecule has 0 amide bonds. The molecule has 0 bridgehead atoms. The zero-order chi connectivity index (χ0) is 7.56. The van der Waals surface area contributed by atoms with Crippen molar-refractivity contribution in [2.45, 2.75) is 5.75 Å². The molecular weight excluding hydrogens is 148 g/mol. The number of H-pyrrole nitrogens is 1. The standard InChI is InChI=1S/C6H10N2OS/c1-8-6(9)3-5(7-8)4-10-2/h3,7H,4H2,1-2H3. The summed E-state index contributed by atoms with van der Waals surface area (Å²) in [7, 11) is 1.71. The first-order valence-corrected chi connectivity index (χ1v) is 4.37. The first-order valence-electron chi connectivity index (χ1n) is 2.98. The van der Waals surface area contributed by atoms with Crippen LogP contribution in [0.4, 0.5) is 0 Å². The van der Waals surface area contributed by atoms with Crippen molar-refractivity contribution in [1.82, 2.24) is 9.78 Å². The van der Waals surface area contributed by atoms with Crippen LogP contribution in [0, 0.1) is 0 Å². The van der Waals surface area contributed by atoms with E-state index >= 15 is 0 Å². The van der Waals surface area contributed by atoms with Crippen molar-refractivity contribution in [3.63, 3.8) is 0 Å². The van der Waals surface area contributed by atoms with Crippen molar-refractivity contribution in [2.24, 2.45) is 7.05 Å². The molecule has 1 rings (SSSR count). The highest BCUT2D eigenvalue weighted by atomic mass is 32.2. The van der Waals surface area contributed by atoms with Gasteiger partial charge < -0.3 is 0 Å². The molecule has 0 aliphatic carbocycles. The van der Waals surface area contributed by atoms with Crippen molar-refractivity contribution in [2.75, 3.05) is 6.26 Å². The summed E-state index contributed by atoms with van der Waals surface area (Å²) in [6.07, 6.45) is 2.01. The Labute approximate surface area is 63.4 Å². The zero-order valence-electron chi connectivity index (χ0n) is 6.05. The van der Waals surface area contributed by atoms with Crippen LogP contribution < -0.4 is 5.56 Å². The molecule has 0 aliphatic heterocycles. The highest BCUT2D eigenvalue weighted by molar-refractivity contribution is 7.97. The van der Waals surface area contributed by atoms with E-state index in [1.165, 1.54) is 4.68 Å². The molecule has 0 atom stereocenters. The van der Waals surface area contributed by atoms with E-state index in [4.69, 9.17) is 0 Å². The van der Waals surface area contributed by atoms with E-state index in [1.807, 2.05) is 6.26 Å².